The maximum absolute atomic E-state index is 13.7. The number of amides is 1. The summed E-state index contributed by atoms with van der Waals surface area (Å²) in [5, 5.41) is 2.62. The number of anilines is 1. The maximum atomic E-state index is 13.7. The molecule has 0 radical (unpaired) electrons. The van der Waals surface area contributed by atoms with Gasteiger partial charge in [0.1, 0.15) is 24.7 Å². The van der Waals surface area contributed by atoms with Gasteiger partial charge < -0.3 is 24.3 Å². The third-order valence-electron chi connectivity index (χ3n) is 5.66. The molecule has 13 heteroatoms. The molecule has 0 saturated heterocycles. The summed E-state index contributed by atoms with van der Waals surface area (Å²) in [5.74, 6) is 0.728. The predicted molar refractivity (Wildman–Crippen MR) is 142 cm³/mol. The first-order chi connectivity index (χ1) is 18.9. The molecule has 1 N–H and O–H groups in total. The Morgan fingerprint density at radius 2 is 1.55 bits per heavy atom. The van der Waals surface area contributed by atoms with E-state index in [4.69, 9.17) is 18.9 Å². The van der Waals surface area contributed by atoms with E-state index in [1.807, 2.05) is 0 Å². The standard InChI is InChI=1S/C27H29F3N2O7S/c1-18(17-39-22-10-8-21(36-2)9-11-22)31-26(33)16-32(20-7-5-6-19(14-20)27(28,29)30)40(34,35)23-12-13-24(37-3)25(15-23)38-4/h5-15,18H,16-17H2,1-4H3,(H,31,33). The first kappa shape index (κ1) is 30.4. The third-order valence-corrected chi connectivity index (χ3v) is 7.43. The number of hydrogen-bond acceptors (Lipinski definition) is 7. The number of alkyl halides is 3. The minimum atomic E-state index is -4.73. The number of methoxy groups -OCH3 is 3. The zero-order chi connectivity index (χ0) is 29.5. The Morgan fingerprint density at radius 1 is 0.900 bits per heavy atom. The molecule has 0 heterocycles. The highest BCUT2D eigenvalue weighted by Gasteiger charge is 2.33. The van der Waals surface area contributed by atoms with Gasteiger partial charge >= 0.3 is 6.18 Å². The highest BCUT2D eigenvalue weighted by Crippen LogP contribution is 2.35. The number of hydrogen-bond donors (Lipinski definition) is 1. The number of ether oxygens (including phenoxy) is 4. The van der Waals surface area contributed by atoms with E-state index >= 15 is 0 Å². The van der Waals surface area contributed by atoms with Crippen molar-refractivity contribution < 1.29 is 45.3 Å². The minimum absolute atomic E-state index is 0.0457. The Morgan fingerprint density at radius 3 is 2.15 bits per heavy atom. The summed E-state index contributed by atoms with van der Waals surface area (Å²) in [6, 6.07) is 13.6. The smallest absolute Gasteiger partial charge is 0.416 e. The molecule has 3 rings (SSSR count). The number of halogens is 3. The first-order valence-electron chi connectivity index (χ1n) is 11.9. The molecule has 1 unspecified atom stereocenters. The fourth-order valence-corrected chi connectivity index (χ4v) is 5.07. The van der Waals surface area contributed by atoms with Crippen molar-refractivity contribution in [2.45, 2.75) is 24.0 Å². The number of sulfonamides is 1. The average Bonchev–Trinajstić information content (AvgIpc) is 2.94. The molecule has 1 atom stereocenters. The fraction of sp³-hybridized carbons (Fsp3) is 0.296. The van der Waals surface area contributed by atoms with Gasteiger partial charge in [-0.15, -0.1) is 0 Å². The van der Waals surface area contributed by atoms with Crippen molar-refractivity contribution in [2.75, 3.05) is 38.8 Å². The van der Waals surface area contributed by atoms with Crippen molar-refractivity contribution in [3.05, 3.63) is 72.3 Å². The first-order valence-corrected chi connectivity index (χ1v) is 13.3. The Bertz CT molecular complexity index is 1410. The molecule has 0 fully saturated rings. The molecule has 9 nitrogen and oxygen atoms in total. The molecule has 3 aromatic carbocycles. The van der Waals surface area contributed by atoms with E-state index in [-0.39, 0.29) is 28.7 Å². The number of nitrogens with zero attached hydrogens (tertiary/aromatic N) is 1. The Kier molecular flexibility index (Phi) is 9.74. The minimum Gasteiger partial charge on any atom is -0.497 e. The van der Waals surface area contributed by atoms with Gasteiger partial charge in [0, 0.05) is 6.07 Å². The van der Waals surface area contributed by atoms with E-state index in [1.165, 1.54) is 39.5 Å². The predicted octanol–water partition coefficient (Wildman–Crippen LogP) is 4.51. The van der Waals surface area contributed by atoms with Crippen molar-refractivity contribution in [2.24, 2.45) is 0 Å². The fourth-order valence-electron chi connectivity index (χ4n) is 3.64. The van der Waals surface area contributed by atoms with E-state index in [9.17, 15) is 26.4 Å². The van der Waals surface area contributed by atoms with Crippen LogP contribution in [0.5, 0.6) is 23.0 Å². The molecule has 1 amide bonds. The van der Waals surface area contributed by atoms with Gasteiger partial charge in [0.25, 0.3) is 10.0 Å². The Balaban J connectivity index is 1.87. The van der Waals surface area contributed by atoms with Crippen molar-refractivity contribution in [1.82, 2.24) is 5.32 Å². The van der Waals surface area contributed by atoms with E-state index in [0.717, 1.165) is 18.2 Å². The van der Waals surface area contributed by atoms with Crippen LogP contribution in [0.15, 0.2) is 71.6 Å². The molecule has 3 aromatic rings. The van der Waals surface area contributed by atoms with Crippen LogP contribution in [0.25, 0.3) is 0 Å². The monoisotopic (exact) mass is 582 g/mol. The van der Waals surface area contributed by atoms with Gasteiger partial charge in [-0.1, -0.05) is 6.07 Å². The van der Waals surface area contributed by atoms with Crippen molar-refractivity contribution >= 4 is 21.6 Å². The van der Waals surface area contributed by atoms with Gasteiger partial charge in [0.05, 0.1) is 43.5 Å². The topological polar surface area (TPSA) is 103 Å². The van der Waals surface area contributed by atoms with E-state index in [0.29, 0.717) is 21.9 Å². The van der Waals surface area contributed by atoms with Crippen LogP contribution in [0.3, 0.4) is 0 Å². The summed E-state index contributed by atoms with van der Waals surface area (Å²) < 4.78 is 89.3. The number of carbonyl (C=O) groups excluding carboxylic acids is 1. The van der Waals surface area contributed by atoms with Crippen molar-refractivity contribution in [1.29, 1.82) is 0 Å². The van der Waals surface area contributed by atoms with Gasteiger partial charge in [0.2, 0.25) is 5.91 Å². The van der Waals surface area contributed by atoms with Crippen LogP contribution in [0.2, 0.25) is 0 Å². The number of rotatable bonds is 12. The van der Waals surface area contributed by atoms with E-state index < -0.39 is 40.3 Å². The molecule has 0 aliphatic rings. The normalized spacial score (nSPS) is 12.3. The second kappa shape index (κ2) is 12.8. The summed E-state index contributed by atoms with van der Waals surface area (Å²) in [6.07, 6.45) is -4.73. The lowest BCUT2D eigenvalue weighted by atomic mass is 10.2. The Hall–Kier alpha value is -4.13. The van der Waals surface area contributed by atoms with Gasteiger partial charge in [-0.05, 0) is 61.5 Å². The summed E-state index contributed by atoms with van der Waals surface area (Å²) >= 11 is 0. The average molecular weight is 583 g/mol. The lowest BCUT2D eigenvalue weighted by Gasteiger charge is -2.26. The molecule has 0 aliphatic heterocycles. The van der Waals surface area contributed by atoms with E-state index in [2.05, 4.69) is 5.32 Å². The lowest BCUT2D eigenvalue weighted by molar-refractivity contribution is -0.137. The number of nitrogens with one attached hydrogen (secondary N) is 1. The van der Waals surface area contributed by atoms with Crippen LogP contribution in [0, 0.1) is 0 Å². The molecule has 0 aliphatic carbocycles. The quantitative estimate of drug-likeness (QED) is 0.335. The largest absolute Gasteiger partial charge is 0.497 e. The molecule has 0 aromatic heterocycles. The zero-order valence-electron chi connectivity index (χ0n) is 22.2. The Labute approximate surface area is 230 Å². The number of carbonyl (C=O) groups is 1. The molecule has 0 bridgehead atoms. The molecule has 0 spiro atoms. The lowest BCUT2D eigenvalue weighted by Crippen LogP contribution is -2.45. The summed E-state index contributed by atoms with van der Waals surface area (Å²) in [7, 11) is -0.338. The number of benzene rings is 3. The van der Waals surface area contributed by atoms with Gasteiger partial charge in [0.15, 0.2) is 11.5 Å². The highest BCUT2D eigenvalue weighted by atomic mass is 32.2. The second-order valence-electron chi connectivity index (χ2n) is 8.53. The molecular formula is C27H29F3N2O7S. The van der Waals surface area contributed by atoms with E-state index in [1.54, 1.807) is 31.2 Å². The molecular weight excluding hydrogens is 553 g/mol. The summed E-state index contributed by atoms with van der Waals surface area (Å²) in [4.78, 5) is 12.6. The highest BCUT2D eigenvalue weighted by molar-refractivity contribution is 7.92. The zero-order valence-corrected chi connectivity index (χ0v) is 23.0. The van der Waals surface area contributed by atoms with Gasteiger partial charge in [-0.3, -0.25) is 9.10 Å². The SMILES string of the molecule is COc1ccc(OCC(C)NC(=O)CN(c2cccc(C(F)(F)F)c2)S(=O)(=O)c2ccc(OC)c(OC)c2)cc1. The van der Waals surface area contributed by atoms with Crippen molar-refractivity contribution in [3.8, 4) is 23.0 Å². The van der Waals surface area contributed by atoms with Crippen LogP contribution < -0.4 is 28.6 Å². The van der Waals surface area contributed by atoms with Crippen LogP contribution in [-0.4, -0.2) is 54.8 Å². The molecule has 0 saturated carbocycles. The van der Waals surface area contributed by atoms with Crippen LogP contribution in [-0.2, 0) is 21.0 Å². The van der Waals surface area contributed by atoms with Gasteiger partial charge in [-0.25, -0.2) is 8.42 Å². The third kappa shape index (κ3) is 7.50. The van der Waals surface area contributed by atoms with Crippen LogP contribution in [0.1, 0.15) is 12.5 Å². The molecule has 216 valence electrons. The molecule has 40 heavy (non-hydrogen) atoms. The van der Waals surface area contributed by atoms with Gasteiger partial charge in [-0.2, -0.15) is 13.2 Å². The van der Waals surface area contributed by atoms with Crippen LogP contribution in [0.4, 0.5) is 18.9 Å². The second-order valence-corrected chi connectivity index (χ2v) is 10.4. The van der Waals surface area contributed by atoms with Crippen LogP contribution >= 0.6 is 0 Å². The summed E-state index contributed by atoms with van der Waals surface area (Å²) in [6.45, 7) is 0.883. The maximum Gasteiger partial charge on any atom is 0.416 e. The summed E-state index contributed by atoms with van der Waals surface area (Å²) in [5.41, 5.74) is -1.42. The van der Waals surface area contributed by atoms with Crippen molar-refractivity contribution in [3.63, 3.8) is 0 Å².